The molecule has 1 saturated carbocycles. The Hall–Kier alpha value is -1.37. The molecule has 0 aromatic carbocycles. The highest BCUT2D eigenvalue weighted by Crippen LogP contribution is 2.39. The van der Waals surface area contributed by atoms with E-state index in [1.165, 1.54) is 0 Å². The number of hydrogen-bond donors (Lipinski definition) is 2. The van der Waals surface area contributed by atoms with Crippen LogP contribution >= 0.6 is 12.2 Å². The first kappa shape index (κ1) is 15.0. The molecule has 6 nitrogen and oxygen atoms in total. The van der Waals surface area contributed by atoms with Crippen LogP contribution in [-0.2, 0) is 7.05 Å². The number of aromatic amines is 1. The second-order valence-electron chi connectivity index (χ2n) is 6.37. The van der Waals surface area contributed by atoms with Crippen LogP contribution in [0.25, 0.3) is 0 Å². The first-order valence-corrected chi connectivity index (χ1v) is 7.28. The standard InChI is InChI=1S/C13H22N4O2S/c1-13(2,3)17(12(18)19)9-7-5-6-8(9)10-14-15-11(20)16(10)4/h8-9H,5-7H2,1-4H3,(H,15,20)(H,18,19)/t8-,9+/m1/s1. The van der Waals surface area contributed by atoms with Gasteiger partial charge in [0.05, 0.1) is 0 Å². The van der Waals surface area contributed by atoms with Gasteiger partial charge in [0.15, 0.2) is 4.77 Å². The second kappa shape index (κ2) is 5.20. The van der Waals surface area contributed by atoms with Gasteiger partial charge in [0.1, 0.15) is 5.82 Å². The van der Waals surface area contributed by atoms with Crippen LogP contribution in [0.15, 0.2) is 0 Å². The predicted molar refractivity (Wildman–Crippen MR) is 78.4 cm³/mol. The van der Waals surface area contributed by atoms with Crippen molar-refractivity contribution in [2.24, 2.45) is 7.05 Å². The molecule has 0 saturated heterocycles. The highest BCUT2D eigenvalue weighted by Gasteiger charge is 2.42. The topological polar surface area (TPSA) is 74.2 Å². The lowest BCUT2D eigenvalue weighted by molar-refractivity contribution is 0.0654. The molecule has 2 atom stereocenters. The molecule has 1 aromatic heterocycles. The fourth-order valence-corrected chi connectivity index (χ4v) is 3.31. The van der Waals surface area contributed by atoms with Crippen LogP contribution in [0.2, 0.25) is 0 Å². The molecule has 1 fully saturated rings. The molecule has 1 aromatic rings. The van der Waals surface area contributed by atoms with Gasteiger partial charge < -0.3 is 9.67 Å². The molecule has 1 aliphatic rings. The maximum atomic E-state index is 11.7. The number of amides is 1. The molecular weight excluding hydrogens is 276 g/mol. The lowest BCUT2D eigenvalue weighted by Crippen LogP contribution is -2.52. The summed E-state index contributed by atoms with van der Waals surface area (Å²) in [6.45, 7) is 5.79. The molecule has 1 aliphatic carbocycles. The van der Waals surface area contributed by atoms with Crippen molar-refractivity contribution in [3.63, 3.8) is 0 Å². The summed E-state index contributed by atoms with van der Waals surface area (Å²) in [7, 11) is 1.87. The zero-order valence-corrected chi connectivity index (χ0v) is 13.2. The zero-order chi connectivity index (χ0) is 15.1. The number of rotatable bonds is 2. The van der Waals surface area contributed by atoms with E-state index >= 15 is 0 Å². The number of hydrogen-bond acceptors (Lipinski definition) is 3. The number of carboxylic acid groups (broad SMARTS) is 1. The van der Waals surface area contributed by atoms with Gasteiger partial charge in [-0.1, -0.05) is 6.42 Å². The molecule has 0 aliphatic heterocycles. The van der Waals surface area contributed by atoms with E-state index in [-0.39, 0.29) is 12.0 Å². The molecule has 2 N–H and O–H groups in total. The van der Waals surface area contributed by atoms with Crippen molar-refractivity contribution in [3.8, 4) is 0 Å². The maximum absolute atomic E-state index is 11.7. The molecule has 7 heteroatoms. The van der Waals surface area contributed by atoms with Gasteiger partial charge in [-0.25, -0.2) is 4.79 Å². The van der Waals surface area contributed by atoms with Gasteiger partial charge in [0.2, 0.25) is 0 Å². The number of nitrogens with one attached hydrogen (secondary N) is 1. The van der Waals surface area contributed by atoms with Crippen molar-refractivity contribution in [1.82, 2.24) is 19.7 Å². The molecule has 0 radical (unpaired) electrons. The number of aromatic nitrogens is 3. The Balaban J connectivity index is 2.38. The monoisotopic (exact) mass is 298 g/mol. The largest absolute Gasteiger partial charge is 0.465 e. The lowest BCUT2D eigenvalue weighted by atomic mass is 9.96. The minimum absolute atomic E-state index is 0.0450. The highest BCUT2D eigenvalue weighted by molar-refractivity contribution is 7.71. The average molecular weight is 298 g/mol. The van der Waals surface area contributed by atoms with Gasteiger partial charge >= 0.3 is 6.09 Å². The van der Waals surface area contributed by atoms with Crippen molar-refractivity contribution in [3.05, 3.63) is 10.6 Å². The Morgan fingerprint density at radius 1 is 1.50 bits per heavy atom. The summed E-state index contributed by atoms with van der Waals surface area (Å²) in [4.78, 5) is 13.2. The van der Waals surface area contributed by atoms with E-state index in [2.05, 4.69) is 10.2 Å². The van der Waals surface area contributed by atoms with Gasteiger partial charge in [0, 0.05) is 24.5 Å². The van der Waals surface area contributed by atoms with E-state index in [4.69, 9.17) is 12.2 Å². The van der Waals surface area contributed by atoms with E-state index in [1.54, 1.807) is 4.90 Å². The van der Waals surface area contributed by atoms with Crippen molar-refractivity contribution < 1.29 is 9.90 Å². The lowest BCUT2D eigenvalue weighted by Gasteiger charge is -2.40. The first-order chi connectivity index (χ1) is 9.23. The second-order valence-corrected chi connectivity index (χ2v) is 6.76. The molecule has 0 bridgehead atoms. The minimum Gasteiger partial charge on any atom is -0.465 e. The third kappa shape index (κ3) is 2.59. The van der Waals surface area contributed by atoms with Crippen molar-refractivity contribution >= 4 is 18.3 Å². The van der Waals surface area contributed by atoms with E-state index < -0.39 is 11.6 Å². The molecule has 0 spiro atoms. The summed E-state index contributed by atoms with van der Waals surface area (Å²) in [5.41, 5.74) is -0.426. The Labute approximate surface area is 123 Å². The molecule has 2 rings (SSSR count). The summed E-state index contributed by atoms with van der Waals surface area (Å²) < 4.78 is 2.42. The predicted octanol–water partition coefficient (Wildman–Crippen LogP) is 2.89. The van der Waals surface area contributed by atoms with Crippen LogP contribution in [0.4, 0.5) is 4.79 Å². The molecule has 1 heterocycles. The van der Waals surface area contributed by atoms with Crippen molar-refractivity contribution in [2.45, 2.75) is 57.5 Å². The molecule has 20 heavy (non-hydrogen) atoms. The van der Waals surface area contributed by atoms with Crippen molar-refractivity contribution in [1.29, 1.82) is 0 Å². The van der Waals surface area contributed by atoms with Gasteiger partial charge in [-0.2, -0.15) is 5.10 Å². The van der Waals surface area contributed by atoms with Gasteiger partial charge in [-0.15, -0.1) is 0 Å². The van der Waals surface area contributed by atoms with Crippen LogP contribution in [0.1, 0.15) is 51.8 Å². The van der Waals surface area contributed by atoms with Gasteiger partial charge in [0.25, 0.3) is 0 Å². The van der Waals surface area contributed by atoms with E-state index in [9.17, 15) is 9.90 Å². The van der Waals surface area contributed by atoms with Gasteiger partial charge in [-0.05, 0) is 45.8 Å². The minimum atomic E-state index is -0.869. The number of nitrogens with zero attached hydrogens (tertiary/aromatic N) is 3. The smallest absolute Gasteiger partial charge is 0.408 e. The van der Waals surface area contributed by atoms with Crippen LogP contribution in [0, 0.1) is 4.77 Å². The Kier molecular flexibility index (Phi) is 3.90. The normalized spacial score (nSPS) is 23.0. The third-order valence-electron chi connectivity index (χ3n) is 3.99. The quantitative estimate of drug-likeness (QED) is 0.823. The third-order valence-corrected chi connectivity index (χ3v) is 4.35. The van der Waals surface area contributed by atoms with Gasteiger partial charge in [-0.3, -0.25) is 10.00 Å². The summed E-state index contributed by atoms with van der Waals surface area (Å²) in [5.74, 6) is 0.955. The summed E-state index contributed by atoms with van der Waals surface area (Å²) in [5, 5.41) is 16.7. The first-order valence-electron chi connectivity index (χ1n) is 6.87. The SMILES string of the molecule is Cn1c([C@@H]2CCC[C@@H]2N(C(=O)O)C(C)(C)C)n[nH]c1=S. The average Bonchev–Trinajstić information content (AvgIpc) is 2.86. The fourth-order valence-electron chi connectivity index (χ4n) is 3.17. The molecule has 1 amide bonds. The van der Waals surface area contributed by atoms with E-state index in [0.29, 0.717) is 4.77 Å². The number of H-pyrrole nitrogens is 1. The Morgan fingerprint density at radius 3 is 2.60 bits per heavy atom. The Bertz CT molecular complexity index is 557. The van der Waals surface area contributed by atoms with E-state index in [1.807, 2.05) is 32.4 Å². The zero-order valence-electron chi connectivity index (χ0n) is 12.4. The van der Waals surface area contributed by atoms with Crippen LogP contribution in [0.3, 0.4) is 0 Å². The Morgan fingerprint density at radius 2 is 2.15 bits per heavy atom. The molecule has 112 valence electrons. The fraction of sp³-hybridized carbons (Fsp3) is 0.769. The van der Waals surface area contributed by atoms with E-state index in [0.717, 1.165) is 25.1 Å². The van der Waals surface area contributed by atoms with Crippen LogP contribution in [0.5, 0.6) is 0 Å². The van der Waals surface area contributed by atoms with Crippen molar-refractivity contribution in [2.75, 3.05) is 0 Å². The van der Waals surface area contributed by atoms with Crippen LogP contribution < -0.4 is 0 Å². The number of carbonyl (C=O) groups is 1. The molecule has 0 unspecified atom stereocenters. The van der Waals surface area contributed by atoms with Crippen LogP contribution in [-0.4, -0.2) is 42.4 Å². The molecular formula is C13H22N4O2S. The summed E-state index contributed by atoms with van der Waals surface area (Å²) >= 11 is 5.15. The summed E-state index contributed by atoms with van der Waals surface area (Å²) in [6, 6.07) is -0.0450. The summed E-state index contributed by atoms with van der Waals surface area (Å²) in [6.07, 6.45) is 1.95. The highest BCUT2D eigenvalue weighted by atomic mass is 32.1. The maximum Gasteiger partial charge on any atom is 0.408 e.